The Morgan fingerprint density at radius 3 is 2.63 bits per heavy atom. The molecule has 1 aliphatic rings. The lowest BCUT2D eigenvalue weighted by atomic mass is 9.74. The first-order valence-corrected chi connectivity index (χ1v) is 7.50. The summed E-state index contributed by atoms with van der Waals surface area (Å²) in [4.78, 5) is 4.34. The summed E-state index contributed by atoms with van der Waals surface area (Å²) in [6, 6.07) is 2.53. The maximum atomic E-state index is 5.58. The van der Waals surface area contributed by atoms with Crippen molar-refractivity contribution in [2.24, 2.45) is 5.41 Å². The number of nitrogens with one attached hydrogen (secondary N) is 1. The Bertz CT molecular complexity index is 399. The Morgan fingerprint density at radius 2 is 2.05 bits per heavy atom. The summed E-state index contributed by atoms with van der Waals surface area (Å²) < 4.78 is 5.58. The molecule has 1 atom stereocenters. The third kappa shape index (κ3) is 2.92. The van der Waals surface area contributed by atoms with E-state index in [9.17, 15) is 0 Å². The highest BCUT2D eigenvalue weighted by atomic mass is 16.5. The first kappa shape index (κ1) is 14.3. The average molecular weight is 262 g/mol. The summed E-state index contributed by atoms with van der Waals surface area (Å²) in [6.07, 6.45) is 10.3. The molecule has 1 heterocycles. The van der Waals surface area contributed by atoms with Gasteiger partial charge in [-0.25, -0.2) is 0 Å². The molecule has 1 saturated carbocycles. The molecule has 0 aromatic carbocycles. The van der Waals surface area contributed by atoms with E-state index in [1.165, 1.54) is 37.7 Å². The largest absolute Gasteiger partial charge is 0.492 e. The topological polar surface area (TPSA) is 34.1 Å². The van der Waals surface area contributed by atoms with Crippen molar-refractivity contribution < 1.29 is 4.74 Å². The fourth-order valence-electron chi connectivity index (χ4n) is 3.59. The van der Waals surface area contributed by atoms with Crippen molar-refractivity contribution in [3.8, 4) is 5.75 Å². The van der Waals surface area contributed by atoms with Crippen LogP contribution in [0.5, 0.6) is 5.75 Å². The highest BCUT2D eigenvalue weighted by Crippen LogP contribution is 2.50. The molecule has 0 aliphatic heterocycles. The second kappa shape index (κ2) is 6.38. The second-order valence-corrected chi connectivity index (χ2v) is 5.53. The van der Waals surface area contributed by atoms with E-state index in [0.717, 1.165) is 5.75 Å². The van der Waals surface area contributed by atoms with Crippen LogP contribution in [-0.4, -0.2) is 18.6 Å². The van der Waals surface area contributed by atoms with E-state index in [1.54, 1.807) is 6.20 Å². The van der Waals surface area contributed by atoms with E-state index in [4.69, 9.17) is 4.74 Å². The van der Waals surface area contributed by atoms with Crippen LogP contribution in [0.4, 0.5) is 0 Å². The Hall–Kier alpha value is -1.09. The number of hydrogen-bond acceptors (Lipinski definition) is 3. The third-order valence-corrected chi connectivity index (χ3v) is 4.58. The third-order valence-electron chi connectivity index (χ3n) is 4.58. The van der Waals surface area contributed by atoms with Gasteiger partial charge in [0.1, 0.15) is 5.75 Å². The van der Waals surface area contributed by atoms with Crippen LogP contribution in [-0.2, 0) is 0 Å². The number of pyridine rings is 1. The molecule has 1 N–H and O–H groups in total. The van der Waals surface area contributed by atoms with Crippen LogP contribution in [0.25, 0.3) is 0 Å². The van der Waals surface area contributed by atoms with E-state index >= 15 is 0 Å². The average Bonchev–Trinajstić information content (AvgIpc) is 2.90. The molecule has 0 spiro atoms. The van der Waals surface area contributed by atoms with E-state index in [0.29, 0.717) is 18.1 Å². The van der Waals surface area contributed by atoms with Crippen molar-refractivity contribution >= 4 is 0 Å². The van der Waals surface area contributed by atoms with Crippen molar-refractivity contribution in [3.63, 3.8) is 0 Å². The summed E-state index contributed by atoms with van der Waals surface area (Å²) in [5.74, 6) is 0.879. The lowest BCUT2D eigenvalue weighted by molar-refractivity contribution is 0.194. The summed E-state index contributed by atoms with van der Waals surface area (Å²) in [6.45, 7) is 5.01. The smallest absolute Gasteiger partial charge is 0.137 e. The molecule has 1 aromatic rings. The Balaban J connectivity index is 2.27. The van der Waals surface area contributed by atoms with Crippen LogP contribution in [0.3, 0.4) is 0 Å². The minimum Gasteiger partial charge on any atom is -0.492 e. The molecule has 3 nitrogen and oxygen atoms in total. The highest BCUT2D eigenvalue weighted by molar-refractivity contribution is 5.28. The number of nitrogens with zero attached hydrogens (tertiary/aromatic N) is 1. The SMILES string of the molecule is CCOc1cncc(C(NC)C2(CC)CCCC2)c1. The van der Waals surface area contributed by atoms with Crippen molar-refractivity contribution in [1.29, 1.82) is 0 Å². The molecule has 3 heteroatoms. The summed E-state index contributed by atoms with van der Waals surface area (Å²) in [7, 11) is 2.06. The van der Waals surface area contributed by atoms with Gasteiger partial charge in [0.05, 0.1) is 12.8 Å². The molecule has 1 unspecified atom stereocenters. The molecule has 19 heavy (non-hydrogen) atoms. The van der Waals surface area contributed by atoms with E-state index in [2.05, 4.69) is 30.3 Å². The zero-order valence-electron chi connectivity index (χ0n) is 12.4. The first-order valence-electron chi connectivity index (χ1n) is 7.50. The van der Waals surface area contributed by atoms with Crippen molar-refractivity contribution in [2.75, 3.05) is 13.7 Å². The van der Waals surface area contributed by atoms with Gasteiger partial charge in [-0.3, -0.25) is 4.98 Å². The van der Waals surface area contributed by atoms with Crippen LogP contribution in [0, 0.1) is 5.41 Å². The number of rotatable bonds is 6. The fourth-order valence-corrected chi connectivity index (χ4v) is 3.59. The van der Waals surface area contributed by atoms with E-state index < -0.39 is 0 Å². The van der Waals surface area contributed by atoms with E-state index in [1.807, 2.05) is 13.1 Å². The van der Waals surface area contributed by atoms with Gasteiger partial charge in [0.15, 0.2) is 0 Å². The maximum absolute atomic E-state index is 5.58. The number of ether oxygens (including phenoxy) is 1. The van der Waals surface area contributed by atoms with E-state index in [-0.39, 0.29) is 0 Å². The van der Waals surface area contributed by atoms with Crippen LogP contribution >= 0.6 is 0 Å². The van der Waals surface area contributed by atoms with Crippen LogP contribution in [0.15, 0.2) is 18.5 Å². The van der Waals surface area contributed by atoms with Gasteiger partial charge in [0, 0.05) is 12.2 Å². The van der Waals surface area contributed by atoms with Crippen LogP contribution in [0.1, 0.15) is 57.6 Å². The monoisotopic (exact) mass is 262 g/mol. The van der Waals surface area contributed by atoms with Gasteiger partial charge in [0.25, 0.3) is 0 Å². The number of hydrogen-bond donors (Lipinski definition) is 1. The molecule has 0 bridgehead atoms. The lowest BCUT2D eigenvalue weighted by Gasteiger charge is -2.37. The molecule has 0 radical (unpaired) electrons. The Labute approximate surface area is 116 Å². The molecule has 1 aromatic heterocycles. The summed E-state index contributed by atoms with van der Waals surface area (Å²) in [5.41, 5.74) is 1.65. The standard InChI is InChI=1S/C16H26N2O/c1-4-16(8-6-7-9-16)15(17-3)13-10-14(19-5-2)12-18-11-13/h10-12,15,17H,4-9H2,1-3H3. The van der Waals surface area contributed by atoms with Crippen molar-refractivity contribution in [3.05, 3.63) is 24.0 Å². The fraction of sp³-hybridized carbons (Fsp3) is 0.688. The van der Waals surface area contributed by atoms with Gasteiger partial charge in [-0.2, -0.15) is 0 Å². The van der Waals surface area contributed by atoms with Gasteiger partial charge < -0.3 is 10.1 Å². The molecular formula is C16H26N2O. The van der Waals surface area contributed by atoms with Crippen LogP contribution in [0.2, 0.25) is 0 Å². The molecule has 1 aliphatic carbocycles. The lowest BCUT2D eigenvalue weighted by Crippen LogP contribution is -2.34. The van der Waals surface area contributed by atoms with Gasteiger partial charge in [0.2, 0.25) is 0 Å². The molecule has 2 rings (SSSR count). The minimum atomic E-state index is 0.382. The quantitative estimate of drug-likeness (QED) is 0.848. The van der Waals surface area contributed by atoms with Gasteiger partial charge in [-0.05, 0) is 50.3 Å². The van der Waals surface area contributed by atoms with Crippen molar-refractivity contribution in [1.82, 2.24) is 10.3 Å². The predicted molar refractivity (Wildman–Crippen MR) is 78.4 cm³/mol. The van der Waals surface area contributed by atoms with Crippen LogP contribution < -0.4 is 10.1 Å². The van der Waals surface area contributed by atoms with Gasteiger partial charge in [-0.15, -0.1) is 0 Å². The Kier molecular flexibility index (Phi) is 4.81. The van der Waals surface area contributed by atoms with Gasteiger partial charge in [-0.1, -0.05) is 19.8 Å². The first-order chi connectivity index (χ1) is 9.25. The highest BCUT2D eigenvalue weighted by Gasteiger charge is 2.39. The number of aromatic nitrogens is 1. The summed E-state index contributed by atoms with van der Waals surface area (Å²) in [5, 5.41) is 3.53. The van der Waals surface area contributed by atoms with Crippen molar-refractivity contribution in [2.45, 2.75) is 52.0 Å². The molecule has 0 saturated heterocycles. The molecular weight excluding hydrogens is 236 g/mol. The predicted octanol–water partition coefficient (Wildman–Crippen LogP) is 3.71. The zero-order valence-corrected chi connectivity index (χ0v) is 12.4. The molecule has 106 valence electrons. The maximum Gasteiger partial charge on any atom is 0.137 e. The molecule has 0 amide bonds. The zero-order chi connectivity index (χ0) is 13.7. The molecule has 1 fully saturated rings. The van der Waals surface area contributed by atoms with Gasteiger partial charge >= 0.3 is 0 Å². The summed E-state index contributed by atoms with van der Waals surface area (Å²) >= 11 is 0. The Morgan fingerprint density at radius 1 is 1.32 bits per heavy atom. The minimum absolute atomic E-state index is 0.382. The normalized spacial score (nSPS) is 19.3. The second-order valence-electron chi connectivity index (χ2n) is 5.53.